The molecule has 1 aromatic rings. The van der Waals surface area contributed by atoms with E-state index < -0.39 is 12.1 Å². The Balaban J connectivity index is 1.78. The van der Waals surface area contributed by atoms with E-state index in [2.05, 4.69) is 5.32 Å². The molecule has 1 amide bonds. The number of hydrogen-bond donors (Lipinski definition) is 1. The van der Waals surface area contributed by atoms with Crippen molar-refractivity contribution in [2.75, 3.05) is 13.2 Å². The highest BCUT2D eigenvalue weighted by atomic mass is 16.6. The number of para-hydroxylation sites is 2. The molecule has 0 saturated heterocycles. The Kier molecular flexibility index (Phi) is 5.63. The SMILES string of the molecule is CCOc1ccccc1OCC(=O)O[C@H](C)C(=O)NC1CC1. The van der Waals surface area contributed by atoms with Gasteiger partial charge in [0.15, 0.2) is 24.2 Å². The molecule has 1 N–H and O–H groups in total. The van der Waals surface area contributed by atoms with Crippen molar-refractivity contribution >= 4 is 11.9 Å². The van der Waals surface area contributed by atoms with Crippen LogP contribution in [0.2, 0.25) is 0 Å². The maximum atomic E-state index is 11.7. The molecular formula is C16H21NO5. The lowest BCUT2D eigenvalue weighted by atomic mass is 10.3. The third kappa shape index (κ3) is 4.95. The van der Waals surface area contributed by atoms with Gasteiger partial charge in [-0.3, -0.25) is 4.79 Å². The number of carbonyl (C=O) groups is 2. The zero-order chi connectivity index (χ0) is 15.9. The van der Waals surface area contributed by atoms with Gasteiger partial charge in [-0.1, -0.05) is 12.1 Å². The fourth-order valence-electron chi connectivity index (χ4n) is 1.81. The Morgan fingerprint density at radius 3 is 2.45 bits per heavy atom. The normalized spacial score (nSPS) is 14.8. The molecule has 1 atom stereocenters. The van der Waals surface area contributed by atoms with Crippen LogP contribution >= 0.6 is 0 Å². The van der Waals surface area contributed by atoms with Crippen LogP contribution in [0.1, 0.15) is 26.7 Å². The van der Waals surface area contributed by atoms with Crippen LogP contribution < -0.4 is 14.8 Å². The summed E-state index contributed by atoms with van der Waals surface area (Å²) in [5, 5.41) is 2.78. The van der Waals surface area contributed by atoms with Gasteiger partial charge in [0, 0.05) is 6.04 Å². The van der Waals surface area contributed by atoms with Gasteiger partial charge in [-0.15, -0.1) is 0 Å². The summed E-state index contributed by atoms with van der Waals surface area (Å²) < 4.78 is 15.8. The molecule has 120 valence electrons. The molecular weight excluding hydrogens is 286 g/mol. The van der Waals surface area contributed by atoms with Crippen LogP contribution in [0.25, 0.3) is 0 Å². The number of carbonyl (C=O) groups excluding carboxylic acids is 2. The lowest BCUT2D eigenvalue weighted by Crippen LogP contribution is -2.37. The van der Waals surface area contributed by atoms with Crippen molar-refractivity contribution in [1.29, 1.82) is 0 Å². The van der Waals surface area contributed by atoms with Crippen molar-refractivity contribution in [3.8, 4) is 11.5 Å². The third-order valence-corrected chi connectivity index (χ3v) is 3.10. The van der Waals surface area contributed by atoms with Crippen molar-refractivity contribution < 1.29 is 23.8 Å². The predicted molar refractivity (Wildman–Crippen MR) is 79.8 cm³/mol. The van der Waals surface area contributed by atoms with E-state index in [1.54, 1.807) is 25.1 Å². The number of rotatable bonds is 8. The van der Waals surface area contributed by atoms with Crippen molar-refractivity contribution in [3.05, 3.63) is 24.3 Å². The van der Waals surface area contributed by atoms with E-state index in [4.69, 9.17) is 14.2 Å². The molecule has 0 unspecified atom stereocenters. The minimum Gasteiger partial charge on any atom is -0.490 e. The molecule has 6 heteroatoms. The fourth-order valence-corrected chi connectivity index (χ4v) is 1.81. The van der Waals surface area contributed by atoms with Crippen LogP contribution in [0.4, 0.5) is 0 Å². The van der Waals surface area contributed by atoms with Crippen LogP contribution in [0.5, 0.6) is 11.5 Å². The first-order chi connectivity index (χ1) is 10.6. The van der Waals surface area contributed by atoms with E-state index in [9.17, 15) is 9.59 Å². The second kappa shape index (κ2) is 7.68. The maximum Gasteiger partial charge on any atom is 0.344 e. The smallest absolute Gasteiger partial charge is 0.344 e. The molecule has 0 aromatic heterocycles. The van der Waals surface area contributed by atoms with Gasteiger partial charge in [-0.25, -0.2) is 4.79 Å². The summed E-state index contributed by atoms with van der Waals surface area (Å²) in [4.78, 5) is 23.4. The number of ether oxygens (including phenoxy) is 3. The summed E-state index contributed by atoms with van der Waals surface area (Å²) in [5.41, 5.74) is 0. The van der Waals surface area contributed by atoms with Crippen LogP contribution in [-0.4, -0.2) is 37.2 Å². The predicted octanol–water partition coefficient (Wildman–Crippen LogP) is 1.67. The molecule has 1 aliphatic carbocycles. The Morgan fingerprint density at radius 2 is 1.86 bits per heavy atom. The molecule has 1 saturated carbocycles. The van der Waals surface area contributed by atoms with Crippen molar-refractivity contribution in [1.82, 2.24) is 5.32 Å². The highest BCUT2D eigenvalue weighted by molar-refractivity contribution is 5.84. The summed E-state index contributed by atoms with van der Waals surface area (Å²) in [5.74, 6) is 0.170. The Hall–Kier alpha value is -2.24. The second-order valence-electron chi connectivity index (χ2n) is 5.08. The Labute approximate surface area is 129 Å². The first kappa shape index (κ1) is 16.1. The van der Waals surface area contributed by atoms with Crippen molar-refractivity contribution in [2.24, 2.45) is 0 Å². The van der Waals surface area contributed by atoms with Crippen LogP contribution in [0, 0.1) is 0 Å². The van der Waals surface area contributed by atoms with Gasteiger partial charge in [0.2, 0.25) is 0 Å². The van der Waals surface area contributed by atoms with Crippen LogP contribution in [0.3, 0.4) is 0 Å². The summed E-state index contributed by atoms with van der Waals surface area (Å²) >= 11 is 0. The standard InChI is InChI=1S/C16H21NO5/c1-3-20-13-6-4-5-7-14(13)21-10-15(18)22-11(2)16(19)17-12-8-9-12/h4-7,11-12H,3,8-10H2,1-2H3,(H,17,19)/t11-/m1/s1. The van der Waals surface area contributed by atoms with Gasteiger partial charge >= 0.3 is 5.97 Å². The zero-order valence-electron chi connectivity index (χ0n) is 12.8. The van der Waals surface area contributed by atoms with Gasteiger partial charge in [0.05, 0.1) is 6.61 Å². The molecule has 1 fully saturated rings. The third-order valence-electron chi connectivity index (χ3n) is 3.10. The first-order valence-electron chi connectivity index (χ1n) is 7.44. The monoisotopic (exact) mass is 307 g/mol. The average molecular weight is 307 g/mol. The van der Waals surface area contributed by atoms with Gasteiger partial charge in [-0.2, -0.15) is 0 Å². The second-order valence-corrected chi connectivity index (χ2v) is 5.08. The quantitative estimate of drug-likeness (QED) is 0.740. The number of benzene rings is 1. The lowest BCUT2D eigenvalue weighted by Gasteiger charge is -2.14. The average Bonchev–Trinajstić information content (AvgIpc) is 3.30. The molecule has 1 aromatic carbocycles. The van der Waals surface area contributed by atoms with E-state index in [0.29, 0.717) is 18.1 Å². The van der Waals surface area contributed by atoms with E-state index in [0.717, 1.165) is 12.8 Å². The summed E-state index contributed by atoms with van der Waals surface area (Å²) in [6.07, 6.45) is 1.16. The van der Waals surface area contributed by atoms with E-state index in [1.165, 1.54) is 0 Å². The van der Waals surface area contributed by atoms with Crippen molar-refractivity contribution in [2.45, 2.75) is 38.8 Å². The van der Waals surface area contributed by atoms with Gasteiger partial charge in [-0.05, 0) is 38.8 Å². The largest absolute Gasteiger partial charge is 0.490 e. The summed E-state index contributed by atoms with van der Waals surface area (Å²) in [6, 6.07) is 7.31. The molecule has 0 heterocycles. The molecule has 0 aliphatic heterocycles. The van der Waals surface area contributed by atoms with E-state index in [-0.39, 0.29) is 18.6 Å². The lowest BCUT2D eigenvalue weighted by molar-refractivity contribution is -0.156. The highest BCUT2D eigenvalue weighted by Crippen LogP contribution is 2.26. The zero-order valence-corrected chi connectivity index (χ0v) is 12.8. The number of esters is 1. The number of hydrogen-bond acceptors (Lipinski definition) is 5. The first-order valence-corrected chi connectivity index (χ1v) is 7.44. The minimum atomic E-state index is -0.821. The molecule has 0 radical (unpaired) electrons. The van der Waals surface area contributed by atoms with Gasteiger partial charge in [0.1, 0.15) is 0 Å². The Bertz CT molecular complexity index is 527. The topological polar surface area (TPSA) is 73.9 Å². The maximum absolute atomic E-state index is 11.7. The van der Waals surface area contributed by atoms with E-state index in [1.807, 2.05) is 13.0 Å². The molecule has 0 spiro atoms. The van der Waals surface area contributed by atoms with Crippen LogP contribution in [0.15, 0.2) is 24.3 Å². The molecule has 0 bridgehead atoms. The fraction of sp³-hybridized carbons (Fsp3) is 0.500. The van der Waals surface area contributed by atoms with Crippen molar-refractivity contribution in [3.63, 3.8) is 0 Å². The number of nitrogens with one attached hydrogen (secondary N) is 1. The molecule has 22 heavy (non-hydrogen) atoms. The summed E-state index contributed by atoms with van der Waals surface area (Å²) in [7, 11) is 0. The van der Waals surface area contributed by atoms with E-state index >= 15 is 0 Å². The number of amides is 1. The van der Waals surface area contributed by atoms with Crippen LogP contribution in [-0.2, 0) is 14.3 Å². The van der Waals surface area contributed by atoms with Gasteiger partial charge in [0.25, 0.3) is 5.91 Å². The van der Waals surface area contributed by atoms with Gasteiger partial charge < -0.3 is 19.5 Å². The Morgan fingerprint density at radius 1 is 1.23 bits per heavy atom. The molecule has 2 rings (SSSR count). The summed E-state index contributed by atoms with van der Waals surface area (Å²) in [6.45, 7) is 3.64. The molecule has 1 aliphatic rings. The molecule has 6 nitrogen and oxygen atoms in total. The minimum absolute atomic E-state index is 0.239. The highest BCUT2D eigenvalue weighted by Gasteiger charge is 2.27.